The maximum Gasteiger partial charge on any atom is 0.168 e. The highest BCUT2D eigenvalue weighted by Gasteiger charge is 2.11. The second-order valence-corrected chi connectivity index (χ2v) is 5.21. The Balaban J connectivity index is 2.15. The van der Waals surface area contributed by atoms with E-state index in [0.717, 1.165) is 35.1 Å². The number of imidazole rings is 1. The van der Waals surface area contributed by atoms with Crippen LogP contribution in [0.1, 0.15) is 27.6 Å². The highest BCUT2D eigenvalue weighted by molar-refractivity contribution is 9.10. The third kappa shape index (κ3) is 2.70. The first-order chi connectivity index (χ1) is 8.61. The number of rotatable bonds is 4. The molecule has 2 rings (SSSR count). The SMILES string of the molecule is Cc1nc(CCc2cccc(Br)c2)c(C=O)n1C. The third-order valence-electron chi connectivity index (χ3n) is 3.09. The first kappa shape index (κ1) is 13.0. The molecule has 4 heteroatoms. The molecule has 1 aromatic carbocycles. The highest BCUT2D eigenvalue weighted by Crippen LogP contribution is 2.15. The van der Waals surface area contributed by atoms with E-state index in [0.29, 0.717) is 5.69 Å². The van der Waals surface area contributed by atoms with Gasteiger partial charge in [0.2, 0.25) is 0 Å². The van der Waals surface area contributed by atoms with Gasteiger partial charge in [-0.2, -0.15) is 0 Å². The number of aldehydes is 1. The molecule has 0 unspecified atom stereocenters. The monoisotopic (exact) mass is 306 g/mol. The predicted molar refractivity (Wildman–Crippen MR) is 74.9 cm³/mol. The molecule has 3 nitrogen and oxygen atoms in total. The Morgan fingerprint density at radius 1 is 1.39 bits per heavy atom. The lowest BCUT2D eigenvalue weighted by molar-refractivity contribution is 0.111. The fourth-order valence-electron chi connectivity index (χ4n) is 1.98. The van der Waals surface area contributed by atoms with Crippen LogP contribution >= 0.6 is 15.9 Å². The zero-order chi connectivity index (χ0) is 13.1. The fourth-order valence-corrected chi connectivity index (χ4v) is 2.43. The standard InChI is InChI=1S/C14H15BrN2O/c1-10-16-13(14(9-18)17(10)2)7-6-11-4-3-5-12(15)8-11/h3-5,8-9H,6-7H2,1-2H3. The number of aromatic nitrogens is 2. The maximum absolute atomic E-state index is 11.1. The summed E-state index contributed by atoms with van der Waals surface area (Å²) in [4.78, 5) is 15.5. The summed E-state index contributed by atoms with van der Waals surface area (Å²) in [5.74, 6) is 0.876. The summed E-state index contributed by atoms with van der Waals surface area (Å²) in [6.07, 6.45) is 2.55. The lowest BCUT2D eigenvalue weighted by Gasteiger charge is -2.01. The van der Waals surface area contributed by atoms with Crippen molar-refractivity contribution in [3.63, 3.8) is 0 Å². The highest BCUT2D eigenvalue weighted by atomic mass is 79.9. The van der Waals surface area contributed by atoms with Crippen molar-refractivity contribution in [2.75, 3.05) is 0 Å². The number of halogens is 1. The van der Waals surface area contributed by atoms with Crippen molar-refractivity contribution in [2.45, 2.75) is 19.8 Å². The molecular formula is C14H15BrN2O. The first-order valence-corrected chi connectivity index (χ1v) is 6.63. The Morgan fingerprint density at radius 3 is 2.83 bits per heavy atom. The minimum Gasteiger partial charge on any atom is -0.329 e. The van der Waals surface area contributed by atoms with E-state index >= 15 is 0 Å². The zero-order valence-corrected chi connectivity index (χ0v) is 12.1. The van der Waals surface area contributed by atoms with Gasteiger partial charge in [-0.3, -0.25) is 4.79 Å². The number of carbonyl (C=O) groups is 1. The smallest absolute Gasteiger partial charge is 0.168 e. The number of hydrogen-bond acceptors (Lipinski definition) is 2. The minimum absolute atomic E-state index is 0.683. The summed E-state index contributed by atoms with van der Waals surface area (Å²) in [5.41, 5.74) is 2.80. The van der Waals surface area contributed by atoms with Crippen molar-refractivity contribution < 1.29 is 4.79 Å². The van der Waals surface area contributed by atoms with Crippen LogP contribution in [0.4, 0.5) is 0 Å². The molecule has 0 saturated carbocycles. The number of carbonyl (C=O) groups excluding carboxylic acids is 1. The molecule has 0 atom stereocenters. The van der Waals surface area contributed by atoms with E-state index in [1.165, 1.54) is 5.56 Å². The third-order valence-corrected chi connectivity index (χ3v) is 3.58. The molecule has 0 bridgehead atoms. The van der Waals surface area contributed by atoms with E-state index in [-0.39, 0.29) is 0 Å². The van der Waals surface area contributed by atoms with E-state index in [1.54, 1.807) is 0 Å². The number of hydrogen-bond donors (Lipinski definition) is 0. The van der Waals surface area contributed by atoms with Gasteiger partial charge < -0.3 is 4.57 Å². The van der Waals surface area contributed by atoms with Crippen LogP contribution in [0.5, 0.6) is 0 Å². The lowest BCUT2D eigenvalue weighted by Crippen LogP contribution is -2.00. The maximum atomic E-state index is 11.1. The van der Waals surface area contributed by atoms with Crippen molar-refractivity contribution in [3.05, 3.63) is 51.5 Å². The van der Waals surface area contributed by atoms with Crippen LogP contribution in [-0.2, 0) is 19.9 Å². The summed E-state index contributed by atoms with van der Waals surface area (Å²) in [6, 6.07) is 8.20. The van der Waals surface area contributed by atoms with Crippen molar-refractivity contribution >= 4 is 22.2 Å². The van der Waals surface area contributed by atoms with Gasteiger partial charge in [0.1, 0.15) is 11.5 Å². The minimum atomic E-state index is 0.683. The van der Waals surface area contributed by atoms with Gasteiger partial charge in [0.05, 0.1) is 5.69 Å². The normalized spacial score (nSPS) is 10.6. The molecule has 1 heterocycles. The average Bonchev–Trinajstić information content (AvgIpc) is 2.62. The Kier molecular flexibility index (Phi) is 3.97. The van der Waals surface area contributed by atoms with Crippen LogP contribution in [0.2, 0.25) is 0 Å². The molecule has 0 aliphatic carbocycles. The van der Waals surface area contributed by atoms with E-state index in [4.69, 9.17) is 0 Å². The summed E-state index contributed by atoms with van der Waals surface area (Å²) in [6.45, 7) is 1.91. The molecule has 0 aliphatic heterocycles. The number of nitrogens with zero attached hydrogens (tertiary/aromatic N) is 2. The van der Waals surface area contributed by atoms with Gasteiger partial charge in [-0.25, -0.2) is 4.98 Å². The van der Waals surface area contributed by atoms with Gasteiger partial charge in [-0.15, -0.1) is 0 Å². The molecule has 0 N–H and O–H groups in total. The van der Waals surface area contributed by atoms with Gasteiger partial charge in [-0.1, -0.05) is 28.1 Å². The molecule has 0 radical (unpaired) electrons. The number of aryl methyl sites for hydroxylation is 3. The predicted octanol–water partition coefficient (Wildman–Crippen LogP) is 3.09. The molecule has 0 fully saturated rings. The van der Waals surface area contributed by atoms with Crippen molar-refractivity contribution in [3.8, 4) is 0 Å². The summed E-state index contributed by atoms with van der Waals surface area (Å²) < 4.78 is 2.91. The van der Waals surface area contributed by atoms with E-state index in [9.17, 15) is 4.79 Å². The molecule has 0 aliphatic rings. The van der Waals surface area contributed by atoms with Crippen molar-refractivity contribution in [1.29, 1.82) is 0 Å². The van der Waals surface area contributed by atoms with Crippen molar-refractivity contribution in [1.82, 2.24) is 9.55 Å². The average molecular weight is 307 g/mol. The quantitative estimate of drug-likeness (QED) is 0.814. The van der Waals surface area contributed by atoms with Crippen LogP contribution in [0.15, 0.2) is 28.7 Å². The molecule has 0 amide bonds. The van der Waals surface area contributed by atoms with Crippen molar-refractivity contribution in [2.24, 2.45) is 7.05 Å². The molecule has 94 valence electrons. The summed E-state index contributed by atoms with van der Waals surface area (Å²) >= 11 is 3.46. The Morgan fingerprint density at radius 2 is 2.17 bits per heavy atom. The van der Waals surface area contributed by atoms with Crippen LogP contribution < -0.4 is 0 Å². The van der Waals surface area contributed by atoms with Crippen LogP contribution in [0, 0.1) is 6.92 Å². The molecular weight excluding hydrogens is 292 g/mol. The Hall–Kier alpha value is -1.42. The van der Waals surface area contributed by atoms with Crippen LogP contribution in [0.25, 0.3) is 0 Å². The Bertz CT molecular complexity index is 575. The van der Waals surface area contributed by atoms with Gasteiger partial charge in [0.25, 0.3) is 0 Å². The molecule has 18 heavy (non-hydrogen) atoms. The van der Waals surface area contributed by atoms with Gasteiger partial charge >= 0.3 is 0 Å². The molecule has 1 aromatic heterocycles. The second-order valence-electron chi connectivity index (χ2n) is 4.30. The van der Waals surface area contributed by atoms with E-state index in [2.05, 4.69) is 33.0 Å². The topological polar surface area (TPSA) is 34.9 Å². The van der Waals surface area contributed by atoms with Gasteiger partial charge in [0.15, 0.2) is 6.29 Å². The number of benzene rings is 1. The molecule has 0 saturated heterocycles. The second kappa shape index (κ2) is 5.48. The van der Waals surface area contributed by atoms with E-state index < -0.39 is 0 Å². The van der Waals surface area contributed by atoms with Gasteiger partial charge in [-0.05, 0) is 37.5 Å². The molecule has 0 spiro atoms. The zero-order valence-electron chi connectivity index (χ0n) is 10.5. The molecule has 2 aromatic rings. The largest absolute Gasteiger partial charge is 0.329 e. The van der Waals surface area contributed by atoms with E-state index in [1.807, 2.05) is 30.7 Å². The van der Waals surface area contributed by atoms with Crippen LogP contribution in [0.3, 0.4) is 0 Å². The Labute approximate surface area is 115 Å². The summed E-state index contributed by atoms with van der Waals surface area (Å²) in [7, 11) is 1.87. The fraction of sp³-hybridized carbons (Fsp3) is 0.286. The summed E-state index contributed by atoms with van der Waals surface area (Å²) in [5, 5.41) is 0. The lowest BCUT2D eigenvalue weighted by atomic mass is 10.1. The van der Waals surface area contributed by atoms with Gasteiger partial charge in [0, 0.05) is 11.5 Å². The first-order valence-electron chi connectivity index (χ1n) is 5.83. The van der Waals surface area contributed by atoms with Crippen LogP contribution in [-0.4, -0.2) is 15.8 Å².